The maximum atomic E-state index is 12.3. The molecule has 1 saturated heterocycles. The van der Waals surface area contributed by atoms with Crippen LogP contribution in [0.2, 0.25) is 0 Å². The van der Waals surface area contributed by atoms with Gasteiger partial charge in [-0.05, 0) is 26.4 Å². The molecule has 1 rings (SSSR count). The minimum atomic E-state index is -3.13. The van der Waals surface area contributed by atoms with Gasteiger partial charge in [0, 0.05) is 32.7 Å². The quantitative estimate of drug-likeness (QED) is 0.682. The molecule has 0 aromatic heterocycles. The molecule has 0 aliphatic carbocycles. The first-order valence-electron chi connectivity index (χ1n) is 6.94. The number of piperazine rings is 1. The lowest BCUT2D eigenvalue weighted by Crippen LogP contribution is -2.51. The van der Waals surface area contributed by atoms with Crippen molar-refractivity contribution in [2.45, 2.75) is 32.4 Å². The second kappa shape index (κ2) is 7.43. The van der Waals surface area contributed by atoms with E-state index in [2.05, 4.69) is 24.1 Å². The van der Waals surface area contributed by atoms with Crippen molar-refractivity contribution in [3.8, 4) is 0 Å². The zero-order chi connectivity index (χ0) is 13.6. The summed E-state index contributed by atoms with van der Waals surface area (Å²) in [6.07, 6.45) is 1.03. The smallest absolute Gasteiger partial charge is 0.218 e. The van der Waals surface area contributed by atoms with E-state index >= 15 is 0 Å². The molecule has 18 heavy (non-hydrogen) atoms. The Morgan fingerprint density at radius 1 is 1.17 bits per heavy atom. The van der Waals surface area contributed by atoms with E-state index in [1.807, 2.05) is 0 Å². The van der Waals surface area contributed by atoms with E-state index in [9.17, 15) is 8.42 Å². The maximum absolute atomic E-state index is 12.3. The largest absolute Gasteiger partial charge is 0.315 e. The number of rotatable bonds is 7. The monoisotopic (exact) mass is 277 g/mol. The van der Waals surface area contributed by atoms with Crippen LogP contribution in [0.3, 0.4) is 0 Å². The van der Waals surface area contributed by atoms with Crippen LogP contribution < -0.4 is 5.32 Å². The summed E-state index contributed by atoms with van der Waals surface area (Å²) in [7, 11) is -3.13. The van der Waals surface area contributed by atoms with Gasteiger partial charge in [-0.25, -0.2) is 8.42 Å². The fraction of sp³-hybridized carbons (Fsp3) is 1.00. The Bertz CT molecular complexity index is 324. The number of hydrogen-bond acceptors (Lipinski definition) is 4. The topological polar surface area (TPSA) is 52.7 Å². The highest BCUT2D eigenvalue weighted by atomic mass is 32.2. The van der Waals surface area contributed by atoms with E-state index in [1.165, 1.54) is 0 Å². The first-order valence-corrected chi connectivity index (χ1v) is 8.44. The number of hydrogen-bond donors (Lipinski definition) is 1. The van der Waals surface area contributed by atoms with Crippen LogP contribution in [-0.2, 0) is 10.0 Å². The van der Waals surface area contributed by atoms with E-state index in [0.717, 1.165) is 32.6 Å². The lowest BCUT2D eigenvalue weighted by Gasteiger charge is -2.34. The normalized spacial score (nSPS) is 21.1. The van der Waals surface area contributed by atoms with Gasteiger partial charge in [-0.3, -0.25) is 0 Å². The Balaban J connectivity index is 2.48. The minimum absolute atomic E-state index is 0.336. The molecular formula is C12H27N3O2S. The predicted octanol–water partition coefficient (Wildman–Crippen LogP) is 0.342. The van der Waals surface area contributed by atoms with E-state index in [1.54, 1.807) is 11.2 Å². The van der Waals surface area contributed by atoms with E-state index in [0.29, 0.717) is 19.6 Å². The van der Waals surface area contributed by atoms with Crippen molar-refractivity contribution in [2.75, 3.05) is 45.8 Å². The SMILES string of the molecule is CCCNCC(C)S(=O)(=O)N1CCN(CC)CC1. The average molecular weight is 277 g/mol. The van der Waals surface area contributed by atoms with Gasteiger partial charge in [0.25, 0.3) is 0 Å². The molecule has 0 radical (unpaired) electrons. The van der Waals surface area contributed by atoms with Crippen LogP contribution in [0, 0.1) is 0 Å². The van der Waals surface area contributed by atoms with Crippen LogP contribution >= 0.6 is 0 Å². The van der Waals surface area contributed by atoms with Crippen LogP contribution in [0.4, 0.5) is 0 Å². The highest BCUT2D eigenvalue weighted by Gasteiger charge is 2.30. The summed E-state index contributed by atoms with van der Waals surface area (Å²) in [5.41, 5.74) is 0. The number of nitrogens with one attached hydrogen (secondary N) is 1. The molecule has 6 heteroatoms. The van der Waals surface area contributed by atoms with Gasteiger partial charge in [-0.2, -0.15) is 4.31 Å². The van der Waals surface area contributed by atoms with Crippen LogP contribution in [0.1, 0.15) is 27.2 Å². The van der Waals surface area contributed by atoms with Crippen LogP contribution in [0.15, 0.2) is 0 Å². The molecule has 0 spiro atoms. The molecule has 1 aliphatic heterocycles. The van der Waals surface area contributed by atoms with Gasteiger partial charge in [0.2, 0.25) is 10.0 Å². The standard InChI is InChI=1S/C12H27N3O2S/c1-4-6-13-11-12(3)18(16,17)15-9-7-14(5-2)8-10-15/h12-13H,4-11H2,1-3H3. The van der Waals surface area contributed by atoms with E-state index < -0.39 is 10.0 Å². The Hall–Kier alpha value is -0.170. The van der Waals surface area contributed by atoms with Crippen molar-refractivity contribution in [3.63, 3.8) is 0 Å². The zero-order valence-electron chi connectivity index (χ0n) is 11.9. The summed E-state index contributed by atoms with van der Waals surface area (Å²) in [6.45, 7) is 11.4. The molecule has 1 unspecified atom stereocenters. The van der Waals surface area contributed by atoms with Crippen molar-refractivity contribution in [1.82, 2.24) is 14.5 Å². The summed E-state index contributed by atoms with van der Waals surface area (Å²) < 4.78 is 26.3. The molecule has 1 N–H and O–H groups in total. The molecule has 1 heterocycles. The van der Waals surface area contributed by atoms with Crippen LogP contribution in [-0.4, -0.2) is 68.7 Å². The third-order valence-corrected chi connectivity index (χ3v) is 5.77. The molecule has 0 amide bonds. The molecule has 1 aliphatic rings. The van der Waals surface area contributed by atoms with Crippen LogP contribution in [0.5, 0.6) is 0 Å². The van der Waals surface area contributed by atoms with Crippen molar-refractivity contribution in [3.05, 3.63) is 0 Å². The van der Waals surface area contributed by atoms with Gasteiger partial charge in [-0.15, -0.1) is 0 Å². The summed E-state index contributed by atoms with van der Waals surface area (Å²) in [5.74, 6) is 0. The summed E-state index contributed by atoms with van der Waals surface area (Å²) in [4.78, 5) is 2.28. The predicted molar refractivity (Wildman–Crippen MR) is 75.2 cm³/mol. The molecule has 5 nitrogen and oxygen atoms in total. The van der Waals surface area contributed by atoms with Gasteiger partial charge in [0.1, 0.15) is 0 Å². The first kappa shape index (κ1) is 15.9. The van der Waals surface area contributed by atoms with Crippen molar-refractivity contribution in [1.29, 1.82) is 0 Å². The molecule has 1 atom stereocenters. The zero-order valence-corrected chi connectivity index (χ0v) is 12.7. The van der Waals surface area contributed by atoms with E-state index in [4.69, 9.17) is 0 Å². The number of sulfonamides is 1. The molecule has 0 aromatic carbocycles. The Morgan fingerprint density at radius 2 is 1.78 bits per heavy atom. The fourth-order valence-electron chi connectivity index (χ4n) is 2.14. The van der Waals surface area contributed by atoms with Crippen molar-refractivity contribution in [2.24, 2.45) is 0 Å². The molecule has 0 saturated carbocycles. The highest BCUT2D eigenvalue weighted by molar-refractivity contribution is 7.89. The van der Waals surface area contributed by atoms with Crippen LogP contribution in [0.25, 0.3) is 0 Å². The summed E-state index contributed by atoms with van der Waals surface area (Å²) >= 11 is 0. The van der Waals surface area contributed by atoms with Gasteiger partial charge >= 0.3 is 0 Å². The molecule has 1 fully saturated rings. The summed E-state index contributed by atoms with van der Waals surface area (Å²) in [6, 6.07) is 0. The third kappa shape index (κ3) is 4.19. The van der Waals surface area contributed by atoms with Gasteiger partial charge in [0.05, 0.1) is 5.25 Å². The Kier molecular flexibility index (Phi) is 6.55. The lowest BCUT2D eigenvalue weighted by molar-refractivity contribution is 0.195. The first-order chi connectivity index (χ1) is 8.52. The molecule has 0 aromatic rings. The van der Waals surface area contributed by atoms with Gasteiger partial charge < -0.3 is 10.2 Å². The van der Waals surface area contributed by atoms with E-state index in [-0.39, 0.29) is 5.25 Å². The highest BCUT2D eigenvalue weighted by Crippen LogP contribution is 2.12. The Morgan fingerprint density at radius 3 is 2.28 bits per heavy atom. The minimum Gasteiger partial charge on any atom is -0.315 e. The third-order valence-electron chi connectivity index (χ3n) is 3.51. The lowest BCUT2D eigenvalue weighted by atomic mass is 10.4. The van der Waals surface area contributed by atoms with Crippen molar-refractivity contribution < 1.29 is 8.42 Å². The number of nitrogens with zero attached hydrogens (tertiary/aromatic N) is 2. The molecule has 0 bridgehead atoms. The average Bonchev–Trinajstić information content (AvgIpc) is 2.39. The molecular weight excluding hydrogens is 250 g/mol. The maximum Gasteiger partial charge on any atom is 0.218 e. The van der Waals surface area contributed by atoms with Gasteiger partial charge in [0.15, 0.2) is 0 Å². The fourth-order valence-corrected chi connectivity index (χ4v) is 3.65. The number of likely N-dealkylation sites (N-methyl/N-ethyl adjacent to an activating group) is 1. The second-order valence-electron chi connectivity index (χ2n) is 4.89. The second-order valence-corrected chi connectivity index (χ2v) is 7.24. The summed E-state index contributed by atoms with van der Waals surface area (Å²) in [5, 5.41) is 2.85. The molecule has 108 valence electrons. The van der Waals surface area contributed by atoms with Gasteiger partial charge in [-0.1, -0.05) is 13.8 Å². The Labute approximate surface area is 112 Å². The van der Waals surface area contributed by atoms with Crippen molar-refractivity contribution >= 4 is 10.0 Å².